The van der Waals surface area contributed by atoms with Crippen LogP contribution >= 0.6 is 15.9 Å². The number of rotatable bonds is 3. The lowest BCUT2D eigenvalue weighted by atomic mass is 10.2. The van der Waals surface area contributed by atoms with E-state index in [9.17, 15) is 0 Å². The van der Waals surface area contributed by atoms with E-state index in [2.05, 4.69) is 43.2 Å². The molecule has 21 heavy (non-hydrogen) atoms. The van der Waals surface area contributed by atoms with Gasteiger partial charge < -0.3 is 5.32 Å². The summed E-state index contributed by atoms with van der Waals surface area (Å²) < 4.78 is 2.84. The molecule has 0 aliphatic rings. The molecule has 6 heteroatoms. The predicted octanol–water partition coefficient (Wildman–Crippen LogP) is 3.35. The van der Waals surface area contributed by atoms with Crippen molar-refractivity contribution >= 4 is 32.7 Å². The van der Waals surface area contributed by atoms with Gasteiger partial charge in [-0.15, -0.1) is 0 Å². The number of hydrogen-bond donors (Lipinski definition) is 1. The molecule has 3 aromatic heterocycles. The quantitative estimate of drug-likeness (QED) is 0.790. The monoisotopic (exact) mass is 345 g/mol. The molecule has 3 heterocycles. The molecular weight excluding hydrogens is 330 g/mol. The van der Waals surface area contributed by atoms with E-state index in [0.717, 1.165) is 33.4 Å². The van der Waals surface area contributed by atoms with E-state index >= 15 is 0 Å². The Balaban J connectivity index is 1.92. The van der Waals surface area contributed by atoms with Crippen LogP contribution in [0.3, 0.4) is 0 Å². The first-order valence-corrected chi connectivity index (χ1v) is 7.49. The molecule has 0 fully saturated rings. The third-order valence-corrected chi connectivity index (χ3v) is 4.09. The Morgan fingerprint density at radius 3 is 2.81 bits per heavy atom. The van der Waals surface area contributed by atoms with Gasteiger partial charge >= 0.3 is 0 Å². The lowest BCUT2D eigenvalue weighted by Gasteiger charge is -2.09. The highest BCUT2D eigenvalue weighted by Gasteiger charge is 2.10. The molecule has 3 rings (SSSR count). The molecule has 0 saturated heterocycles. The topological polar surface area (TPSA) is 55.6 Å². The van der Waals surface area contributed by atoms with Crippen molar-refractivity contribution in [1.82, 2.24) is 19.7 Å². The van der Waals surface area contributed by atoms with E-state index in [1.54, 1.807) is 12.4 Å². The van der Waals surface area contributed by atoms with Gasteiger partial charge in [-0.3, -0.25) is 14.6 Å². The second-order valence-corrected chi connectivity index (χ2v) is 5.92. The maximum atomic E-state index is 4.45. The molecule has 0 bridgehead atoms. The number of hydrogen-bond acceptors (Lipinski definition) is 4. The fraction of sp³-hybridized carbons (Fsp3) is 0.267. The second kappa shape index (κ2) is 5.44. The zero-order chi connectivity index (χ0) is 15.0. The van der Waals surface area contributed by atoms with Crippen molar-refractivity contribution in [3.8, 4) is 0 Å². The average molecular weight is 346 g/mol. The van der Waals surface area contributed by atoms with Gasteiger partial charge in [-0.05, 0) is 41.9 Å². The van der Waals surface area contributed by atoms with Gasteiger partial charge in [0.05, 0.1) is 16.9 Å². The molecule has 0 radical (unpaired) electrons. The smallest absolute Gasteiger partial charge is 0.112 e. The Kier molecular flexibility index (Phi) is 3.63. The van der Waals surface area contributed by atoms with Crippen molar-refractivity contribution in [3.63, 3.8) is 0 Å². The molecule has 0 amide bonds. The molecule has 3 aromatic rings. The highest BCUT2D eigenvalue weighted by molar-refractivity contribution is 9.10. The molecule has 108 valence electrons. The van der Waals surface area contributed by atoms with Gasteiger partial charge in [0.25, 0.3) is 0 Å². The van der Waals surface area contributed by atoms with Crippen molar-refractivity contribution in [2.45, 2.75) is 20.4 Å². The number of pyridine rings is 2. The first kappa shape index (κ1) is 14.0. The number of fused-ring (bicyclic) bond motifs is 1. The van der Waals surface area contributed by atoms with Gasteiger partial charge in [0.1, 0.15) is 5.52 Å². The van der Waals surface area contributed by atoms with E-state index in [1.165, 1.54) is 11.3 Å². The van der Waals surface area contributed by atoms with Crippen molar-refractivity contribution in [2.75, 3.05) is 5.32 Å². The molecule has 0 atom stereocenters. The Hall–Kier alpha value is -1.95. The molecular formula is C15H16BrN5. The van der Waals surface area contributed by atoms with Gasteiger partial charge in [-0.25, -0.2) is 0 Å². The number of nitrogens with one attached hydrogen (secondary N) is 1. The summed E-state index contributed by atoms with van der Waals surface area (Å²) in [5.74, 6) is 0. The van der Waals surface area contributed by atoms with E-state index in [-0.39, 0.29) is 0 Å². The van der Waals surface area contributed by atoms with E-state index in [4.69, 9.17) is 0 Å². The first-order chi connectivity index (χ1) is 10.1. The molecule has 0 aliphatic carbocycles. The number of anilines is 1. The largest absolute Gasteiger partial charge is 0.379 e. The molecule has 0 saturated carbocycles. The minimum absolute atomic E-state index is 0.725. The average Bonchev–Trinajstić information content (AvgIpc) is 2.70. The van der Waals surface area contributed by atoms with Crippen LogP contribution in [0.2, 0.25) is 0 Å². The lowest BCUT2D eigenvalue weighted by Crippen LogP contribution is -2.03. The zero-order valence-corrected chi connectivity index (χ0v) is 13.8. The Morgan fingerprint density at radius 1 is 1.29 bits per heavy atom. The molecule has 5 nitrogen and oxygen atoms in total. The number of aryl methyl sites for hydroxylation is 2. The van der Waals surface area contributed by atoms with E-state index in [1.807, 2.05) is 30.8 Å². The minimum Gasteiger partial charge on any atom is -0.379 e. The highest BCUT2D eigenvalue weighted by atomic mass is 79.9. The predicted molar refractivity (Wildman–Crippen MR) is 87.2 cm³/mol. The van der Waals surface area contributed by atoms with Crippen LogP contribution in [-0.2, 0) is 13.6 Å². The minimum atomic E-state index is 0.725. The summed E-state index contributed by atoms with van der Waals surface area (Å²) in [7, 11) is 1.97. The van der Waals surface area contributed by atoms with Gasteiger partial charge in [0.15, 0.2) is 0 Å². The highest BCUT2D eigenvalue weighted by Crippen LogP contribution is 2.23. The second-order valence-electron chi connectivity index (χ2n) is 5.01. The zero-order valence-electron chi connectivity index (χ0n) is 12.2. The summed E-state index contributed by atoms with van der Waals surface area (Å²) >= 11 is 3.42. The lowest BCUT2D eigenvalue weighted by molar-refractivity contribution is 0.730. The normalized spacial score (nSPS) is 11.0. The fourth-order valence-electron chi connectivity index (χ4n) is 2.41. The van der Waals surface area contributed by atoms with Gasteiger partial charge in [-0.2, -0.15) is 5.10 Å². The standard InChI is InChI=1S/C15H16BrN5/c1-9-12(10(2)21(3)20-9)8-18-13-4-5-17-14-6-11(16)7-19-15(13)14/h4-7H,8H2,1-3H3,(H,17,18). The first-order valence-electron chi connectivity index (χ1n) is 6.69. The Bertz CT molecular complexity index is 809. The third kappa shape index (κ3) is 2.63. The molecule has 0 spiro atoms. The van der Waals surface area contributed by atoms with Crippen LogP contribution in [0, 0.1) is 13.8 Å². The Morgan fingerprint density at radius 2 is 2.10 bits per heavy atom. The SMILES string of the molecule is Cc1nn(C)c(C)c1CNc1ccnc2cc(Br)cnc12. The van der Waals surface area contributed by atoms with Crippen LogP contribution in [0.25, 0.3) is 11.0 Å². The third-order valence-electron chi connectivity index (χ3n) is 3.66. The molecule has 0 aromatic carbocycles. The van der Waals surface area contributed by atoms with Gasteiger partial charge in [0.2, 0.25) is 0 Å². The van der Waals surface area contributed by atoms with Crippen molar-refractivity contribution in [2.24, 2.45) is 7.05 Å². The molecule has 1 N–H and O–H groups in total. The fourth-order valence-corrected chi connectivity index (χ4v) is 2.72. The van der Waals surface area contributed by atoms with Crippen LogP contribution in [-0.4, -0.2) is 19.7 Å². The van der Waals surface area contributed by atoms with Crippen molar-refractivity contribution in [3.05, 3.63) is 46.0 Å². The number of aromatic nitrogens is 4. The summed E-state index contributed by atoms with van der Waals surface area (Å²) in [6.45, 7) is 4.84. The van der Waals surface area contributed by atoms with Crippen LogP contribution in [0.15, 0.2) is 29.0 Å². The van der Waals surface area contributed by atoms with E-state index in [0.29, 0.717) is 0 Å². The molecule has 0 aliphatic heterocycles. The van der Waals surface area contributed by atoms with E-state index < -0.39 is 0 Å². The summed E-state index contributed by atoms with van der Waals surface area (Å²) in [5, 5.41) is 7.89. The Labute approximate surface area is 131 Å². The van der Waals surface area contributed by atoms with Crippen LogP contribution in [0.1, 0.15) is 17.0 Å². The van der Waals surface area contributed by atoms with Crippen molar-refractivity contribution < 1.29 is 0 Å². The summed E-state index contributed by atoms with van der Waals surface area (Å²) in [6, 6.07) is 3.92. The maximum Gasteiger partial charge on any atom is 0.112 e. The van der Waals surface area contributed by atoms with Crippen LogP contribution in [0.4, 0.5) is 5.69 Å². The van der Waals surface area contributed by atoms with Gasteiger partial charge in [0, 0.05) is 41.7 Å². The summed E-state index contributed by atoms with van der Waals surface area (Å²) in [6.07, 6.45) is 3.58. The number of halogens is 1. The van der Waals surface area contributed by atoms with Crippen molar-refractivity contribution in [1.29, 1.82) is 0 Å². The van der Waals surface area contributed by atoms with Crippen LogP contribution < -0.4 is 5.32 Å². The summed E-state index contributed by atoms with van der Waals surface area (Å²) in [4.78, 5) is 8.80. The molecule has 0 unspecified atom stereocenters. The summed E-state index contributed by atoms with van der Waals surface area (Å²) in [5.41, 5.74) is 6.18. The maximum absolute atomic E-state index is 4.45. The van der Waals surface area contributed by atoms with Crippen LogP contribution in [0.5, 0.6) is 0 Å². The van der Waals surface area contributed by atoms with Gasteiger partial charge in [-0.1, -0.05) is 0 Å². The number of nitrogens with zero attached hydrogens (tertiary/aromatic N) is 4.